The molecule has 2 rings (SSSR count). The zero-order chi connectivity index (χ0) is 14.5. The molecule has 1 fully saturated rings. The van der Waals surface area contributed by atoms with Crippen LogP contribution in [-0.2, 0) is 11.3 Å². The number of carbonyl (C=O) groups is 1. The molecular weight excluding hydrogens is 310 g/mol. The van der Waals surface area contributed by atoms with E-state index in [1.807, 2.05) is 20.0 Å². The number of thiazole rings is 1. The van der Waals surface area contributed by atoms with Crippen molar-refractivity contribution < 1.29 is 4.79 Å². The number of nitrogen functional groups attached to an aromatic ring is 1. The van der Waals surface area contributed by atoms with Gasteiger partial charge in [-0.25, -0.2) is 4.98 Å². The van der Waals surface area contributed by atoms with E-state index in [4.69, 9.17) is 5.73 Å². The fourth-order valence-corrected chi connectivity index (χ4v) is 3.02. The number of amides is 1. The predicted octanol–water partition coefficient (Wildman–Crippen LogP) is 0.789. The summed E-state index contributed by atoms with van der Waals surface area (Å²) in [4.78, 5) is 21.6. The van der Waals surface area contributed by atoms with E-state index in [0.717, 1.165) is 32.7 Å². The second-order valence-electron chi connectivity index (χ2n) is 5.44. The van der Waals surface area contributed by atoms with Crippen molar-refractivity contribution in [3.05, 3.63) is 11.1 Å². The van der Waals surface area contributed by atoms with Gasteiger partial charge in [0, 0.05) is 49.8 Å². The first-order valence-corrected chi connectivity index (χ1v) is 7.79. The third kappa shape index (κ3) is 6.17. The number of nitrogens with two attached hydrogens (primary N) is 1. The maximum Gasteiger partial charge on any atom is 0.234 e. The number of rotatable bonds is 5. The summed E-state index contributed by atoms with van der Waals surface area (Å²) in [5.74, 6) is 0.115. The lowest BCUT2D eigenvalue weighted by molar-refractivity contribution is -0.123. The molecule has 0 atom stereocenters. The van der Waals surface area contributed by atoms with Crippen molar-refractivity contribution in [3.63, 3.8) is 0 Å². The molecule has 3 N–H and O–H groups in total. The van der Waals surface area contributed by atoms with E-state index in [9.17, 15) is 4.79 Å². The highest BCUT2D eigenvalue weighted by atomic mass is 35.5. The van der Waals surface area contributed by atoms with Crippen molar-refractivity contribution in [2.24, 2.45) is 0 Å². The summed E-state index contributed by atoms with van der Waals surface area (Å²) in [5, 5.41) is 3.56. The second-order valence-corrected chi connectivity index (χ2v) is 6.59. The Labute approximate surface area is 136 Å². The summed E-state index contributed by atoms with van der Waals surface area (Å²) in [5.41, 5.74) is 5.64. The Kier molecular flexibility index (Phi) is 7.37. The highest BCUT2D eigenvalue weighted by Crippen LogP contribution is 2.17. The van der Waals surface area contributed by atoms with E-state index >= 15 is 0 Å². The molecule has 0 saturated carbocycles. The molecule has 0 radical (unpaired) electrons. The fourth-order valence-electron chi connectivity index (χ4n) is 2.29. The van der Waals surface area contributed by atoms with Gasteiger partial charge in [-0.05, 0) is 13.8 Å². The van der Waals surface area contributed by atoms with Crippen LogP contribution in [0.2, 0.25) is 0 Å². The standard InChI is InChI=1S/C13H23N5OS.ClH/c1-10(2)16-12(19)9-18-5-3-17(4-6-18)8-11-7-15-13(14)20-11;/h7,10H,3-6,8-9H2,1-2H3,(H2,14,15)(H,16,19);1H. The van der Waals surface area contributed by atoms with E-state index in [-0.39, 0.29) is 24.4 Å². The smallest absolute Gasteiger partial charge is 0.234 e. The summed E-state index contributed by atoms with van der Waals surface area (Å²) in [6.07, 6.45) is 1.85. The molecule has 21 heavy (non-hydrogen) atoms. The molecule has 0 aliphatic carbocycles. The van der Waals surface area contributed by atoms with Crippen molar-refractivity contribution in [3.8, 4) is 0 Å². The second kappa shape index (κ2) is 8.53. The van der Waals surface area contributed by atoms with Crippen molar-refractivity contribution in [1.29, 1.82) is 0 Å². The lowest BCUT2D eigenvalue weighted by atomic mass is 10.3. The number of anilines is 1. The fraction of sp³-hybridized carbons (Fsp3) is 0.692. The van der Waals surface area contributed by atoms with Crippen molar-refractivity contribution in [1.82, 2.24) is 20.1 Å². The highest BCUT2D eigenvalue weighted by Gasteiger charge is 2.19. The quantitative estimate of drug-likeness (QED) is 0.833. The topological polar surface area (TPSA) is 74.5 Å². The minimum absolute atomic E-state index is 0. The maximum absolute atomic E-state index is 11.7. The average molecular weight is 334 g/mol. The Bertz CT molecular complexity index is 446. The van der Waals surface area contributed by atoms with Crippen LogP contribution in [0.5, 0.6) is 0 Å². The Morgan fingerprint density at radius 3 is 2.52 bits per heavy atom. The molecule has 1 aliphatic rings. The number of carbonyl (C=O) groups excluding carboxylic acids is 1. The van der Waals surface area contributed by atoms with Gasteiger partial charge in [-0.1, -0.05) is 0 Å². The minimum Gasteiger partial charge on any atom is -0.375 e. The van der Waals surface area contributed by atoms with Gasteiger partial charge in [0.05, 0.1) is 6.54 Å². The van der Waals surface area contributed by atoms with Crippen LogP contribution in [0.25, 0.3) is 0 Å². The van der Waals surface area contributed by atoms with Gasteiger partial charge < -0.3 is 11.1 Å². The third-order valence-corrected chi connectivity index (χ3v) is 4.04. The largest absolute Gasteiger partial charge is 0.375 e. The molecule has 8 heteroatoms. The van der Waals surface area contributed by atoms with E-state index in [1.54, 1.807) is 11.3 Å². The Morgan fingerprint density at radius 1 is 1.38 bits per heavy atom. The lowest BCUT2D eigenvalue weighted by Crippen LogP contribution is -2.49. The lowest BCUT2D eigenvalue weighted by Gasteiger charge is -2.34. The molecule has 0 spiro atoms. The number of hydrogen-bond donors (Lipinski definition) is 2. The summed E-state index contributed by atoms with van der Waals surface area (Å²) in [7, 11) is 0. The van der Waals surface area contributed by atoms with Crippen LogP contribution in [0.4, 0.5) is 5.13 Å². The van der Waals surface area contributed by atoms with Crippen LogP contribution in [0.15, 0.2) is 6.20 Å². The van der Waals surface area contributed by atoms with Crippen LogP contribution >= 0.6 is 23.7 Å². The SMILES string of the molecule is CC(C)NC(=O)CN1CCN(Cc2cnc(N)s2)CC1.Cl. The number of nitrogens with one attached hydrogen (secondary N) is 1. The number of nitrogens with zero attached hydrogens (tertiary/aromatic N) is 3. The molecule has 0 aromatic carbocycles. The Hall–Kier alpha value is -0.890. The molecular formula is C13H24ClN5OS. The number of hydrogen-bond acceptors (Lipinski definition) is 6. The van der Waals surface area contributed by atoms with E-state index in [0.29, 0.717) is 11.7 Å². The highest BCUT2D eigenvalue weighted by molar-refractivity contribution is 7.15. The van der Waals surface area contributed by atoms with Gasteiger partial charge in [0.1, 0.15) is 0 Å². The monoisotopic (exact) mass is 333 g/mol. The first kappa shape index (κ1) is 18.2. The number of halogens is 1. The maximum atomic E-state index is 11.7. The van der Waals surface area contributed by atoms with Gasteiger partial charge in [0.15, 0.2) is 5.13 Å². The Morgan fingerprint density at radius 2 is 2.00 bits per heavy atom. The van der Waals surface area contributed by atoms with Crippen molar-refractivity contribution in [2.75, 3.05) is 38.5 Å². The van der Waals surface area contributed by atoms with Gasteiger partial charge in [-0.15, -0.1) is 23.7 Å². The first-order chi connectivity index (χ1) is 9.52. The van der Waals surface area contributed by atoms with Gasteiger partial charge in [-0.2, -0.15) is 0 Å². The molecule has 0 bridgehead atoms. The third-order valence-electron chi connectivity index (χ3n) is 3.23. The molecule has 1 saturated heterocycles. The molecule has 1 aromatic rings. The first-order valence-electron chi connectivity index (χ1n) is 6.97. The minimum atomic E-state index is 0. The van der Waals surface area contributed by atoms with E-state index in [2.05, 4.69) is 20.1 Å². The molecule has 6 nitrogen and oxygen atoms in total. The van der Waals surface area contributed by atoms with Crippen molar-refractivity contribution in [2.45, 2.75) is 26.4 Å². The summed E-state index contributed by atoms with van der Waals surface area (Å²) >= 11 is 1.55. The molecule has 0 unspecified atom stereocenters. The molecule has 2 heterocycles. The van der Waals surface area contributed by atoms with Gasteiger partial charge in [0.2, 0.25) is 5.91 Å². The zero-order valence-electron chi connectivity index (χ0n) is 12.5. The molecule has 120 valence electrons. The normalized spacial score (nSPS) is 16.7. The van der Waals surface area contributed by atoms with E-state index in [1.165, 1.54) is 4.88 Å². The van der Waals surface area contributed by atoms with E-state index < -0.39 is 0 Å². The number of piperazine rings is 1. The molecule has 1 aliphatic heterocycles. The van der Waals surface area contributed by atoms with Crippen LogP contribution in [-0.4, -0.2) is 59.5 Å². The number of aromatic nitrogens is 1. The average Bonchev–Trinajstić information content (AvgIpc) is 2.76. The zero-order valence-corrected chi connectivity index (χ0v) is 14.2. The van der Waals surface area contributed by atoms with Gasteiger partial charge in [-0.3, -0.25) is 14.6 Å². The van der Waals surface area contributed by atoms with Gasteiger partial charge >= 0.3 is 0 Å². The van der Waals surface area contributed by atoms with Gasteiger partial charge in [0.25, 0.3) is 0 Å². The summed E-state index contributed by atoms with van der Waals surface area (Å²) < 4.78 is 0. The van der Waals surface area contributed by atoms with Crippen molar-refractivity contribution >= 4 is 34.8 Å². The summed E-state index contributed by atoms with van der Waals surface area (Å²) in [6.45, 7) is 9.19. The van der Waals surface area contributed by atoms with Crippen LogP contribution in [0, 0.1) is 0 Å². The summed E-state index contributed by atoms with van der Waals surface area (Å²) in [6, 6.07) is 0.209. The predicted molar refractivity (Wildman–Crippen MR) is 88.8 cm³/mol. The molecule has 1 aromatic heterocycles. The van der Waals surface area contributed by atoms with Crippen LogP contribution in [0.3, 0.4) is 0 Å². The van der Waals surface area contributed by atoms with Crippen LogP contribution in [0.1, 0.15) is 18.7 Å². The molecule has 1 amide bonds. The van der Waals surface area contributed by atoms with Crippen LogP contribution < -0.4 is 11.1 Å². The Balaban J connectivity index is 0.00000220.